The number of benzene rings is 1. The van der Waals surface area contributed by atoms with Gasteiger partial charge in [-0.05, 0) is 24.5 Å². The Morgan fingerprint density at radius 1 is 1.45 bits per heavy atom. The number of hydrogen-bond donors (Lipinski definition) is 2. The largest absolute Gasteiger partial charge is 0.490 e. The fraction of sp³-hybridized carbons (Fsp3) is 0.600. The SMILES string of the molecule is CC(C)C[C@@H]1COc2cccc(N(C)CCO)c2S(=O)(=O)N1. The Hall–Kier alpha value is -1.31. The molecule has 2 rings (SSSR count). The number of sulfonamides is 1. The van der Waals surface area contributed by atoms with E-state index in [9.17, 15) is 8.42 Å². The molecule has 124 valence electrons. The molecule has 0 aromatic heterocycles. The zero-order valence-corrected chi connectivity index (χ0v) is 14.1. The first kappa shape index (κ1) is 17.1. The van der Waals surface area contributed by atoms with Gasteiger partial charge in [0.05, 0.1) is 18.3 Å². The minimum atomic E-state index is -3.67. The number of anilines is 1. The quantitative estimate of drug-likeness (QED) is 0.849. The first-order valence-electron chi connectivity index (χ1n) is 7.45. The Morgan fingerprint density at radius 2 is 2.18 bits per heavy atom. The van der Waals surface area contributed by atoms with Crippen molar-refractivity contribution in [3.8, 4) is 5.75 Å². The summed E-state index contributed by atoms with van der Waals surface area (Å²) in [7, 11) is -1.92. The minimum absolute atomic E-state index is 0.0511. The van der Waals surface area contributed by atoms with Crippen molar-refractivity contribution < 1.29 is 18.3 Å². The molecule has 2 N–H and O–H groups in total. The van der Waals surface area contributed by atoms with Gasteiger partial charge in [-0.1, -0.05) is 19.9 Å². The van der Waals surface area contributed by atoms with E-state index in [1.807, 2.05) is 13.8 Å². The van der Waals surface area contributed by atoms with Crippen LogP contribution in [0.5, 0.6) is 5.75 Å². The molecule has 22 heavy (non-hydrogen) atoms. The van der Waals surface area contributed by atoms with E-state index >= 15 is 0 Å². The summed E-state index contributed by atoms with van der Waals surface area (Å²) in [6.45, 7) is 4.71. The van der Waals surface area contributed by atoms with Gasteiger partial charge < -0.3 is 14.7 Å². The van der Waals surface area contributed by atoms with Gasteiger partial charge in [-0.25, -0.2) is 13.1 Å². The van der Waals surface area contributed by atoms with E-state index in [1.165, 1.54) is 0 Å². The maximum absolute atomic E-state index is 12.7. The Bertz CT molecular complexity index is 616. The molecule has 1 atom stereocenters. The van der Waals surface area contributed by atoms with Crippen molar-refractivity contribution in [2.24, 2.45) is 5.92 Å². The van der Waals surface area contributed by atoms with Gasteiger partial charge in [0.25, 0.3) is 0 Å². The van der Waals surface area contributed by atoms with E-state index in [0.29, 0.717) is 30.5 Å². The van der Waals surface area contributed by atoms with Crippen LogP contribution in [0.4, 0.5) is 5.69 Å². The molecule has 1 heterocycles. The number of hydrogen-bond acceptors (Lipinski definition) is 5. The Morgan fingerprint density at radius 3 is 2.82 bits per heavy atom. The molecule has 0 saturated heterocycles. The zero-order valence-electron chi connectivity index (χ0n) is 13.2. The molecule has 0 radical (unpaired) electrons. The third-order valence-electron chi connectivity index (χ3n) is 3.59. The van der Waals surface area contributed by atoms with Crippen molar-refractivity contribution >= 4 is 15.7 Å². The van der Waals surface area contributed by atoms with Crippen molar-refractivity contribution in [2.45, 2.75) is 31.2 Å². The van der Waals surface area contributed by atoms with Crippen molar-refractivity contribution in [3.63, 3.8) is 0 Å². The molecule has 0 saturated carbocycles. The van der Waals surface area contributed by atoms with E-state index in [0.717, 1.165) is 6.42 Å². The summed E-state index contributed by atoms with van der Waals surface area (Å²) in [5, 5.41) is 9.09. The second-order valence-corrected chi connectivity index (χ2v) is 7.66. The molecule has 1 aromatic carbocycles. The summed E-state index contributed by atoms with van der Waals surface area (Å²) in [5.41, 5.74) is 0.532. The Kier molecular flexibility index (Phi) is 5.31. The molecular weight excluding hydrogens is 304 g/mol. The molecular formula is C15H24N2O4S. The number of nitrogens with one attached hydrogen (secondary N) is 1. The van der Waals surface area contributed by atoms with Gasteiger partial charge in [0.15, 0.2) is 0 Å². The number of fused-ring (bicyclic) bond motifs is 1. The van der Waals surface area contributed by atoms with Crippen molar-refractivity contribution in [2.75, 3.05) is 31.7 Å². The van der Waals surface area contributed by atoms with Gasteiger partial charge in [-0.2, -0.15) is 0 Å². The van der Waals surface area contributed by atoms with E-state index in [-0.39, 0.29) is 17.5 Å². The fourth-order valence-corrected chi connectivity index (χ4v) is 4.26. The molecule has 0 bridgehead atoms. The monoisotopic (exact) mass is 328 g/mol. The average Bonchev–Trinajstić information content (AvgIpc) is 2.55. The number of rotatable bonds is 5. The molecule has 0 amide bonds. The zero-order chi connectivity index (χ0) is 16.3. The van der Waals surface area contributed by atoms with Crippen LogP contribution in [0, 0.1) is 5.92 Å². The number of aliphatic hydroxyl groups excluding tert-OH is 1. The summed E-state index contributed by atoms with van der Waals surface area (Å²) in [6, 6.07) is 4.91. The molecule has 0 aliphatic carbocycles. The lowest BCUT2D eigenvalue weighted by atomic mass is 10.1. The lowest BCUT2D eigenvalue weighted by molar-refractivity contribution is 0.262. The molecule has 1 aliphatic rings. The van der Waals surface area contributed by atoms with Crippen molar-refractivity contribution in [1.29, 1.82) is 0 Å². The molecule has 1 aliphatic heterocycles. The van der Waals surface area contributed by atoms with E-state index in [4.69, 9.17) is 9.84 Å². The summed E-state index contributed by atoms with van der Waals surface area (Å²) in [5.74, 6) is 0.732. The fourth-order valence-electron chi connectivity index (χ4n) is 2.65. The number of aliphatic hydroxyl groups is 1. The van der Waals surface area contributed by atoms with Crippen LogP contribution in [0.2, 0.25) is 0 Å². The van der Waals surface area contributed by atoms with Crippen LogP contribution in [0.3, 0.4) is 0 Å². The van der Waals surface area contributed by atoms with Crippen LogP contribution >= 0.6 is 0 Å². The highest BCUT2D eigenvalue weighted by molar-refractivity contribution is 7.89. The third kappa shape index (κ3) is 3.71. The second-order valence-electron chi connectivity index (χ2n) is 6.01. The van der Waals surface area contributed by atoms with Crippen LogP contribution in [-0.2, 0) is 10.0 Å². The average molecular weight is 328 g/mol. The summed E-state index contributed by atoms with van der Waals surface area (Å²) >= 11 is 0. The lowest BCUT2D eigenvalue weighted by Gasteiger charge is -2.22. The van der Waals surface area contributed by atoms with Crippen molar-refractivity contribution in [3.05, 3.63) is 18.2 Å². The van der Waals surface area contributed by atoms with Crippen LogP contribution in [0.15, 0.2) is 23.1 Å². The van der Waals surface area contributed by atoms with Crippen LogP contribution in [0.25, 0.3) is 0 Å². The smallest absolute Gasteiger partial charge is 0.246 e. The van der Waals surface area contributed by atoms with Gasteiger partial charge in [-0.3, -0.25) is 0 Å². The van der Waals surface area contributed by atoms with Gasteiger partial charge in [-0.15, -0.1) is 0 Å². The first-order chi connectivity index (χ1) is 10.3. The molecule has 1 aromatic rings. The number of likely N-dealkylation sites (N-methyl/N-ethyl adjacent to an activating group) is 1. The predicted octanol–water partition coefficient (Wildman–Crippen LogP) is 1.20. The molecule has 0 fully saturated rings. The number of ether oxygens (including phenoxy) is 1. The summed E-state index contributed by atoms with van der Waals surface area (Å²) in [4.78, 5) is 1.86. The van der Waals surface area contributed by atoms with E-state index in [2.05, 4.69) is 4.72 Å². The number of nitrogens with zero attached hydrogens (tertiary/aromatic N) is 1. The predicted molar refractivity (Wildman–Crippen MR) is 85.9 cm³/mol. The molecule has 7 heteroatoms. The topological polar surface area (TPSA) is 78.9 Å². The van der Waals surface area contributed by atoms with Gasteiger partial charge >= 0.3 is 0 Å². The van der Waals surface area contributed by atoms with Crippen LogP contribution < -0.4 is 14.4 Å². The molecule has 6 nitrogen and oxygen atoms in total. The third-order valence-corrected chi connectivity index (χ3v) is 5.18. The van der Waals surface area contributed by atoms with Crippen molar-refractivity contribution in [1.82, 2.24) is 4.72 Å². The Labute approximate surface area is 132 Å². The van der Waals surface area contributed by atoms with Crippen LogP contribution in [-0.4, -0.2) is 46.4 Å². The normalized spacial score (nSPS) is 20.1. The van der Waals surface area contributed by atoms with E-state index < -0.39 is 10.0 Å². The summed E-state index contributed by atoms with van der Waals surface area (Å²) < 4.78 is 33.9. The van der Waals surface area contributed by atoms with Gasteiger partial charge in [0.2, 0.25) is 10.0 Å². The molecule has 0 spiro atoms. The van der Waals surface area contributed by atoms with E-state index in [1.54, 1.807) is 30.1 Å². The minimum Gasteiger partial charge on any atom is -0.490 e. The summed E-state index contributed by atoms with van der Waals surface area (Å²) in [6.07, 6.45) is 0.717. The standard InChI is InChI=1S/C15H24N2O4S/c1-11(2)9-12-10-21-14-6-4-5-13(17(3)7-8-18)15(14)22(19,20)16-12/h4-6,11-12,16,18H,7-10H2,1-3H3/t12-/m1/s1. The highest BCUT2D eigenvalue weighted by atomic mass is 32.2. The molecule has 0 unspecified atom stereocenters. The highest BCUT2D eigenvalue weighted by Crippen LogP contribution is 2.35. The highest BCUT2D eigenvalue weighted by Gasteiger charge is 2.31. The maximum Gasteiger partial charge on any atom is 0.246 e. The maximum atomic E-state index is 12.7. The van der Waals surface area contributed by atoms with Gasteiger partial charge in [0, 0.05) is 13.6 Å². The first-order valence-corrected chi connectivity index (χ1v) is 8.93. The second kappa shape index (κ2) is 6.85. The lowest BCUT2D eigenvalue weighted by Crippen LogP contribution is -2.38. The van der Waals surface area contributed by atoms with Gasteiger partial charge in [0.1, 0.15) is 17.3 Å². The Balaban J connectivity index is 2.42. The van der Waals surface area contributed by atoms with Crippen LogP contribution in [0.1, 0.15) is 20.3 Å².